The Morgan fingerprint density at radius 3 is 2.52 bits per heavy atom. The molecule has 1 aliphatic rings. The van der Waals surface area contributed by atoms with Crippen LogP contribution in [0, 0.1) is 5.92 Å². The summed E-state index contributed by atoms with van der Waals surface area (Å²) in [6.45, 7) is 9.47. The van der Waals surface area contributed by atoms with Crippen molar-refractivity contribution in [3.63, 3.8) is 0 Å². The number of benzene rings is 1. The van der Waals surface area contributed by atoms with Crippen molar-refractivity contribution >= 4 is 30.1 Å². The van der Waals surface area contributed by atoms with Gasteiger partial charge in [-0.2, -0.15) is 0 Å². The van der Waals surface area contributed by atoms with Crippen LogP contribution in [-0.2, 0) is 16.0 Å². The molecule has 1 heterocycles. The molecule has 154 valence electrons. The first-order valence-corrected chi connectivity index (χ1v) is 11.2. The molecule has 0 saturated carbocycles. The zero-order valence-corrected chi connectivity index (χ0v) is 18.8. The Kier molecular flexibility index (Phi) is 11.4. The average molecular weight is 414 g/mol. The van der Waals surface area contributed by atoms with Crippen LogP contribution < -0.4 is 5.32 Å². The molecule has 3 atom stereocenters. The van der Waals surface area contributed by atoms with E-state index in [1.165, 1.54) is 24.0 Å². The Hall–Kier alpha value is -0.710. The van der Waals surface area contributed by atoms with Gasteiger partial charge in [0.1, 0.15) is 6.04 Å². The van der Waals surface area contributed by atoms with E-state index >= 15 is 0 Å². The van der Waals surface area contributed by atoms with E-state index < -0.39 is 0 Å². The zero-order chi connectivity index (χ0) is 18.9. The van der Waals surface area contributed by atoms with Gasteiger partial charge in [-0.3, -0.25) is 10.1 Å². The van der Waals surface area contributed by atoms with Gasteiger partial charge in [-0.25, -0.2) is 0 Å². The van der Waals surface area contributed by atoms with E-state index in [9.17, 15) is 4.79 Å². The lowest BCUT2D eigenvalue weighted by molar-refractivity contribution is -0.145. The van der Waals surface area contributed by atoms with E-state index in [1.807, 2.05) is 11.8 Å². The Morgan fingerprint density at radius 1 is 1.19 bits per heavy atom. The number of ether oxygens (including phenoxy) is 1. The fourth-order valence-electron chi connectivity index (χ4n) is 3.32. The lowest BCUT2D eigenvalue weighted by Crippen LogP contribution is -2.39. The van der Waals surface area contributed by atoms with Gasteiger partial charge in [-0.15, -0.1) is 24.2 Å². The summed E-state index contributed by atoms with van der Waals surface area (Å²) in [4.78, 5) is 12.2. The van der Waals surface area contributed by atoms with Crippen molar-refractivity contribution in [2.75, 3.05) is 12.4 Å². The third-order valence-corrected chi connectivity index (χ3v) is 6.37. The highest BCUT2D eigenvalue weighted by molar-refractivity contribution is 8.00. The standard InChI is InChI=1S/C22H35NO2S.ClH/c1-5-6-7-8-13-25-22(24)20-15-26-21(23-20)17(4)19-11-9-18(10-12-19)14-16(2)3;/h9-12,16-17,20-21,23H,5-8,13-15H2,1-4H3;1H/t17?,20-,21?;/m0./s1. The maximum Gasteiger partial charge on any atom is 0.324 e. The highest BCUT2D eigenvalue weighted by Gasteiger charge is 2.34. The molecule has 1 aliphatic heterocycles. The van der Waals surface area contributed by atoms with Gasteiger partial charge < -0.3 is 4.74 Å². The van der Waals surface area contributed by atoms with E-state index in [0.29, 0.717) is 18.4 Å². The summed E-state index contributed by atoms with van der Waals surface area (Å²) in [5, 5.41) is 3.74. The molecular formula is C22H36ClNO2S. The number of unbranched alkanes of at least 4 members (excludes halogenated alkanes) is 3. The molecule has 27 heavy (non-hydrogen) atoms. The van der Waals surface area contributed by atoms with E-state index in [4.69, 9.17) is 4.74 Å². The third kappa shape index (κ3) is 8.05. The first kappa shape index (κ1) is 24.3. The van der Waals surface area contributed by atoms with Crippen molar-refractivity contribution in [1.82, 2.24) is 5.32 Å². The van der Waals surface area contributed by atoms with Gasteiger partial charge in [0.15, 0.2) is 0 Å². The fraction of sp³-hybridized carbons (Fsp3) is 0.682. The maximum atomic E-state index is 12.2. The summed E-state index contributed by atoms with van der Waals surface area (Å²) >= 11 is 1.83. The zero-order valence-electron chi connectivity index (χ0n) is 17.2. The Bertz CT molecular complexity index is 550. The van der Waals surface area contributed by atoms with Crippen LogP contribution in [0.5, 0.6) is 0 Å². The number of carbonyl (C=O) groups excluding carboxylic acids is 1. The second-order valence-corrected chi connectivity index (χ2v) is 9.00. The molecule has 0 spiro atoms. The van der Waals surface area contributed by atoms with E-state index in [2.05, 4.69) is 57.3 Å². The summed E-state index contributed by atoms with van der Waals surface area (Å²) in [6.07, 6.45) is 5.65. The van der Waals surface area contributed by atoms with Crippen LogP contribution >= 0.6 is 24.2 Å². The number of hydrogen-bond donors (Lipinski definition) is 1. The van der Waals surface area contributed by atoms with Crippen LogP contribution in [0.4, 0.5) is 0 Å². The van der Waals surface area contributed by atoms with Gasteiger partial charge in [0, 0.05) is 11.7 Å². The van der Waals surface area contributed by atoms with Crippen LogP contribution in [0.25, 0.3) is 0 Å². The number of rotatable bonds is 10. The van der Waals surface area contributed by atoms with Crippen molar-refractivity contribution in [2.45, 2.75) is 77.1 Å². The minimum atomic E-state index is -0.168. The molecule has 1 aromatic carbocycles. The van der Waals surface area contributed by atoms with Gasteiger partial charge >= 0.3 is 5.97 Å². The van der Waals surface area contributed by atoms with Gasteiger partial charge in [0.05, 0.1) is 12.0 Å². The summed E-state index contributed by atoms with van der Waals surface area (Å²) < 4.78 is 5.44. The molecule has 2 rings (SSSR count). The van der Waals surface area contributed by atoms with E-state index in [0.717, 1.165) is 25.0 Å². The molecule has 0 bridgehead atoms. The lowest BCUT2D eigenvalue weighted by atomic mass is 9.96. The monoisotopic (exact) mass is 413 g/mol. The maximum absolute atomic E-state index is 12.2. The minimum absolute atomic E-state index is 0. The molecule has 1 N–H and O–H groups in total. The lowest BCUT2D eigenvalue weighted by Gasteiger charge is -2.20. The van der Waals surface area contributed by atoms with Crippen molar-refractivity contribution < 1.29 is 9.53 Å². The number of nitrogens with one attached hydrogen (secondary N) is 1. The Balaban J connectivity index is 0.00000364. The molecule has 1 aromatic rings. The second-order valence-electron chi connectivity index (χ2n) is 7.83. The average Bonchev–Trinajstić information content (AvgIpc) is 3.11. The highest BCUT2D eigenvalue weighted by Crippen LogP contribution is 2.32. The van der Waals surface area contributed by atoms with Crippen LogP contribution in [0.3, 0.4) is 0 Å². The summed E-state index contributed by atoms with van der Waals surface area (Å²) in [7, 11) is 0. The predicted molar refractivity (Wildman–Crippen MR) is 119 cm³/mol. The van der Waals surface area contributed by atoms with Crippen molar-refractivity contribution in [3.8, 4) is 0 Å². The van der Waals surface area contributed by atoms with Gasteiger partial charge in [0.2, 0.25) is 0 Å². The fourth-order valence-corrected chi connectivity index (χ4v) is 4.66. The summed E-state index contributed by atoms with van der Waals surface area (Å²) in [5.74, 6) is 1.76. The molecule has 1 saturated heterocycles. The van der Waals surface area contributed by atoms with Crippen LogP contribution in [0.15, 0.2) is 24.3 Å². The molecule has 2 unspecified atom stereocenters. The Labute approximate surface area is 175 Å². The normalized spacial score (nSPS) is 20.3. The second kappa shape index (κ2) is 12.7. The molecule has 0 amide bonds. The summed E-state index contributed by atoms with van der Waals surface area (Å²) in [6, 6.07) is 8.80. The topological polar surface area (TPSA) is 38.3 Å². The summed E-state index contributed by atoms with van der Waals surface area (Å²) in [5.41, 5.74) is 2.73. The smallest absolute Gasteiger partial charge is 0.324 e. The molecular weight excluding hydrogens is 378 g/mol. The molecule has 3 nitrogen and oxygen atoms in total. The van der Waals surface area contributed by atoms with Crippen molar-refractivity contribution in [3.05, 3.63) is 35.4 Å². The van der Waals surface area contributed by atoms with Gasteiger partial charge in [0.25, 0.3) is 0 Å². The molecule has 5 heteroatoms. The SMILES string of the molecule is CCCCCCOC(=O)[C@@H]1CSC(C(C)c2ccc(CC(C)C)cc2)N1.Cl. The van der Waals surface area contributed by atoms with Crippen molar-refractivity contribution in [1.29, 1.82) is 0 Å². The molecule has 0 aromatic heterocycles. The van der Waals surface area contributed by atoms with Gasteiger partial charge in [-0.1, -0.05) is 71.2 Å². The van der Waals surface area contributed by atoms with Gasteiger partial charge in [-0.05, 0) is 29.9 Å². The molecule has 1 fully saturated rings. The number of carbonyl (C=O) groups is 1. The number of hydrogen-bond acceptors (Lipinski definition) is 4. The Morgan fingerprint density at radius 2 is 1.89 bits per heavy atom. The number of thioether (sulfide) groups is 1. The predicted octanol–water partition coefficient (Wildman–Crippen LogP) is 5.57. The van der Waals surface area contributed by atoms with Crippen LogP contribution in [0.2, 0.25) is 0 Å². The van der Waals surface area contributed by atoms with E-state index in [-0.39, 0.29) is 29.8 Å². The molecule has 0 radical (unpaired) electrons. The van der Waals surface area contributed by atoms with Crippen LogP contribution in [-0.4, -0.2) is 29.7 Å². The van der Waals surface area contributed by atoms with Crippen molar-refractivity contribution in [2.24, 2.45) is 5.92 Å². The molecule has 0 aliphatic carbocycles. The number of esters is 1. The van der Waals surface area contributed by atoms with Crippen LogP contribution in [0.1, 0.15) is 70.4 Å². The first-order valence-electron chi connectivity index (χ1n) is 10.1. The quantitative estimate of drug-likeness (QED) is 0.402. The largest absolute Gasteiger partial charge is 0.465 e. The number of halogens is 1. The highest BCUT2D eigenvalue weighted by atomic mass is 35.5. The van der Waals surface area contributed by atoms with E-state index in [1.54, 1.807) is 0 Å². The third-order valence-electron chi connectivity index (χ3n) is 4.94. The minimum Gasteiger partial charge on any atom is -0.465 e. The first-order chi connectivity index (χ1) is 12.5.